The van der Waals surface area contributed by atoms with Gasteiger partial charge < -0.3 is 25.8 Å². The van der Waals surface area contributed by atoms with Gasteiger partial charge in [-0.25, -0.2) is 4.39 Å². The Morgan fingerprint density at radius 3 is 2.59 bits per heavy atom. The Hall–Kier alpha value is -1.12. The molecule has 0 bridgehead atoms. The van der Waals surface area contributed by atoms with Crippen molar-refractivity contribution in [1.29, 1.82) is 0 Å². The van der Waals surface area contributed by atoms with E-state index in [1.807, 2.05) is 0 Å². The Morgan fingerprint density at radius 2 is 1.96 bits per heavy atom. The molecule has 1 amide bonds. The largest absolute Gasteiger partial charge is 0.381 e. The molecule has 1 aromatic rings. The Morgan fingerprint density at radius 1 is 1.22 bits per heavy atom. The lowest BCUT2D eigenvalue weighted by atomic mass is 9.92. The van der Waals surface area contributed by atoms with Crippen LogP contribution in [0.1, 0.15) is 25.7 Å². The summed E-state index contributed by atoms with van der Waals surface area (Å²) in [4.78, 5) is 12.3. The number of carbonyl (C=O) groups excluding carboxylic acids is 1. The zero-order valence-electron chi connectivity index (χ0n) is 15.1. The minimum atomic E-state index is -0.607. The van der Waals surface area contributed by atoms with Crippen LogP contribution in [0.25, 0.3) is 0 Å². The number of rotatable bonds is 6. The van der Waals surface area contributed by atoms with E-state index >= 15 is 0 Å². The summed E-state index contributed by atoms with van der Waals surface area (Å²) in [5.74, 6) is -0.590. The van der Waals surface area contributed by atoms with Gasteiger partial charge >= 0.3 is 0 Å². The van der Waals surface area contributed by atoms with Crippen LogP contribution >= 0.6 is 24.8 Å². The number of nitrogens with two attached hydrogens (primary N) is 1. The molecular formula is C18H28Cl2FN3O3. The molecule has 0 radical (unpaired) electrons. The fourth-order valence-electron chi connectivity index (χ4n) is 3.28. The third-order valence-corrected chi connectivity index (χ3v) is 4.86. The highest BCUT2D eigenvalue weighted by molar-refractivity contribution is 5.95. The highest BCUT2D eigenvalue weighted by Crippen LogP contribution is 2.22. The second-order valence-electron chi connectivity index (χ2n) is 6.68. The van der Waals surface area contributed by atoms with Gasteiger partial charge in [0.1, 0.15) is 5.82 Å². The average molecular weight is 424 g/mol. The minimum absolute atomic E-state index is 0. The second-order valence-corrected chi connectivity index (χ2v) is 6.68. The van der Waals surface area contributed by atoms with E-state index in [1.165, 1.54) is 6.07 Å². The van der Waals surface area contributed by atoms with Crippen LogP contribution in [-0.4, -0.2) is 44.4 Å². The number of hydrogen-bond acceptors (Lipinski definition) is 5. The molecule has 4 N–H and O–H groups in total. The lowest BCUT2D eigenvalue weighted by molar-refractivity contribution is -0.119. The van der Waals surface area contributed by atoms with Crippen LogP contribution in [0.4, 0.5) is 15.8 Å². The van der Waals surface area contributed by atoms with Crippen molar-refractivity contribution >= 4 is 42.1 Å². The van der Waals surface area contributed by atoms with Gasteiger partial charge in [-0.05, 0) is 49.8 Å². The van der Waals surface area contributed by atoms with Gasteiger partial charge in [0, 0.05) is 32.1 Å². The molecule has 1 aromatic carbocycles. The molecule has 0 aromatic heterocycles. The minimum Gasteiger partial charge on any atom is -0.381 e. The first-order chi connectivity index (χ1) is 12.1. The molecular weight excluding hydrogens is 396 g/mol. The quantitative estimate of drug-likeness (QED) is 0.654. The summed E-state index contributed by atoms with van der Waals surface area (Å²) in [7, 11) is 0. The lowest BCUT2D eigenvalue weighted by Gasteiger charge is -2.26. The van der Waals surface area contributed by atoms with Crippen LogP contribution in [0.2, 0.25) is 0 Å². The molecule has 27 heavy (non-hydrogen) atoms. The van der Waals surface area contributed by atoms with E-state index < -0.39 is 11.9 Å². The third kappa shape index (κ3) is 6.76. The number of ether oxygens (including phenoxy) is 2. The summed E-state index contributed by atoms with van der Waals surface area (Å²) in [6.45, 7) is 2.61. The summed E-state index contributed by atoms with van der Waals surface area (Å²) >= 11 is 0. The molecule has 2 aliphatic heterocycles. The van der Waals surface area contributed by atoms with Gasteiger partial charge in [0.15, 0.2) is 0 Å². The summed E-state index contributed by atoms with van der Waals surface area (Å²) in [5, 5.41) is 5.77. The molecule has 2 unspecified atom stereocenters. The number of benzene rings is 1. The van der Waals surface area contributed by atoms with Crippen molar-refractivity contribution in [2.24, 2.45) is 11.7 Å². The van der Waals surface area contributed by atoms with E-state index in [1.54, 1.807) is 12.1 Å². The fourth-order valence-corrected chi connectivity index (χ4v) is 3.28. The third-order valence-electron chi connectivity index (χ3n) is 4.86. The molecule has 2 aliphatic rings. The van der Waals surface area contributed by atoms with Gasteiger partial charge in [0.05, 0.1) is 17.8 Å². The molecule has 2 heterocycles. The fraction of sp³-hybridized carbons (Fsp3) is 0.611. The summed E-state index contributed by atoms with van der Waals surface area (Å²) < 4.78 is 25.0. The molecule has 3 rings (SSSR count). The molecule has 2 atom stereocenters. The van der Waals surface area contributed by atoms with Crippen molar-refractivity contribution in [3.8, 4) is 0 Å². The molecule has 2 saturated heterocycles. The number of nitrogens with one attached hydrogen (secondary N) is 2. The molecule has 0 aliphatic carbocycles. The van der Waals surface area contributed by atoms with E-state index in [0.717, 1.165) is 32.3 Å². The monoisotopic (exact) mass is 423 g/mol. The van der Waals surface area contributed by atoms with Gasteiger partial charge in [-0.3, -0.25) is 4.79 Å². The van der Waals surface area contributed by atoms with E-state index in [0.29, 0.717) is 31.1 Å². The number of carbonyl (C=O) groups is 1. The number of hydrogen-bond donors (Lipinski definition) is 3. The van der Waals surface area contributed by atoms with Crippen molar-refractivity contribution in [3.05, 3.63) is 24.0 Å². The maximum Gasteiger partial charge on any atom is 0.241 e. The first-order valence-electron chi connectivity index (χ1n) is 8.92. The lowest BCUT2D eigenvalue weighted by Crippen LogP contribution is -2.44. The van der Waals surface area contributed by atoms with Crippen molar-refractivity contribution in [2.45, 2.75) is 37.8 Å². The van der Waals surface area contributed by atoms with E-state index in [2.05, 4.69) is 10.6 Å². The second kappa shape index (κ2) is 11.7. The molecule has 6 nitrogen and oxygen atoms in total. The zero-order chi connectivity index (χ0) is 17.6. The number of anilines is 2. The van der Waals surface area contributed by atoms with Crippen molar-refractivity contribution < 1.29 is 18.7 Å². The average Bonchev–Trinajstić information content (AvgIpc) is 3.14. The van der Waals surface area contributed by atoms with Gasteiger partial charge in [-0.15, -0.1) is 24.8 Å². The SMILES string of the molecule is Cl.Cl.NC(C(=O)Nc1ccc(NCC2CCCO2)c(F)c1)C1CCOCC1. The van der Waals surface area contributed by atoms with Gasteiger partial charge in [-0.1, -0.05) is 0 Å². The maximum absolute atomic E-state index is 14.2. The van der Waals surface area contributed by atoms with Crippen LogP contribution < -0.4 is 16.4 Å². The first kappa shape index (κ1) is 23.9. The maximum atomic E-state index is 14.2. The van der Waals surface area contributed by atoms with Crippen molar-refractivity contribution in [3.63, 3.8) is 0 Å². The number of halogens is 3. The summed E-state index contributed by atoms with van der Waals surface area (Å²) in [6, 6.07) is 4.01. The van der Waals surface area contributed by atoms with Gasteiger partial charge in [0.25, 0.3) is 0 Å². The molecule has 0 spiro atoms. The summed E-state index contributed by atoms with van der Waals surface area (Å²) in [6.07, 6.45) is 3.72. The highest BCUT2D eigenvalue weighted by Gasteiger charge is 2.26. The van der Waals surface area contributed by atoms with Gasteiger partial charge in [0.2, 0.25) is 5.91 Å². The molecule has 2 fully saturated rings. The van der Waals surface area contributed by atoms with Crippen molar-refractivity contribution in [2.75, 3.05) is 37.0 Å². The standard InChI is InChI=1S/C18H26FN3O3.2ClH/c19-15-10-13(3-4-16(15)21-11-14-2-1-7-25-14)22-18(23)17(20)12-5-8-24-9-6-12;;/h3-4,10,12,14,17,21H,1-2,5-9,11,20H2,(H,22,23);2*1H. The molecule has 9 heteroatoms. The molecule has 0 saturated carbocycles. The Kier molecular flexibility index (Phi) is 10.3. The van der Waals surface area contributed by atoms with E-state index in [9.17, 15) is 9.18 Å². The van der Waals surface area contributed by atoms with Crippen LogP contribution in [0.5, 0.6) is 0 Å². The van der Waals surface area contributed by atoms with Crippen LogP contribution in [-0.2, 0) is 14.3 Å². The Bertz CT molecular complexity index is 597. The first-order valence-corrected chi connectivity index (χ1v) is 8.92. The van der Waals surface area contributed by atoms with E-state index in [4.69, 9.17) is 15.2 Å². The Labute approximate surface area is 171 Å². The van der Waals surface area contributed by atoms with Crippen LogP contribution in [0.3, 0.4) is 0 Å². The smallest absolute Gasteiger partial charge is 0.241 e. The van der Waals surface area contributed by atoms with Gasteiger partial charge in [-0.2, -0.15) is 0 Å². The van der Waals surface area contributed by atoms with E-state index in [-0.39, 0.29) is 42.7 Å². The predicted molar refractivity (Wildman–Crippen MR) is 109 cm³/mol. The van der Waals surface area contributed by atoms with Crippen molar-refractivity contribution in [1.82, 2.24) is 0 Å². The Balaban J connectivity index is 0.00000182. The zero-order valence-corrected chi connectivity index (χ0v) is 16.8. The van der Waals surface area contributed by atoms with Crippen LogP contribution in [0, 0.1) is 11.7 Å². The number of amides is 1. The normalized spacial score (nSPS) is 20.9. The van der Waals surface area contributed by atoms with Crippen LogP contribution in [0.15, 0.2) is 18.2 Å². The molecule has 154 valence electrons. The summed E-state index contributed by atoms with van der Waals surface area (Å²) in [5.41, 5.74) is 6.85. The topological polar surface area (TPSA) is 85.6 Å². The highest BCUT2D eigenvalue weighted by atomic mass is 35.5. The predicted octanol–water partition coefficient (Wildman–Crippen LogP) is 2.95.